The minimum Gasteiger partial charge on any atom is -0.452 e. The smallest absolute Gasteiger partial charge is 0.321 e. The molecule has 186 valence electrons. The summed E-state index contributed by atoms with van der Waals surface area (Å²) in [7, 11) is 0. The molecule has 0 unspecified atom stereocenters. The summed E-state index contributed by atoms with van der Waals surface area (Å²) in [5.41, 5.74) is 2.46. The molecule has 0 aliphatic carbocycles. The summed E-state index contributed by atoms with van der Waals surface area (Å²) in [4.78, 5) is 41.5. The zero-order chi connectivity index (χ0) is 24.6. The third-order valence-electron chi connectivity index (χ3n) is 6.31. The van der Waals surface area contributed by atoms with Crippen LogP contribution < -0.4 is 15.5 Å². The van der Waals surface area contributed by atoms with E-state index in [0.717, 1.165) is 24.5 Å². The van der Waals surface area contributed by atoms with Crippen molar-refractivity contribution in [1.29, 1.82) is 0 Å². The first-order chi connectivity index (χ1) is 17.0. The summed E-state index contributed by atoms with van der Waals surface area (Å²) >= 11 is 0. The number of benzene rings is 2. The molecule has 2 aromatic carbocycles. The first-order valence-corrected chi connectivity index (χ1v) is 12.0. The molecule has 3 amide bonds. The fourth-order valence-corrected chi connectivity index (χ4v) is 4.19. The molecule has 2 fully saturated rings. The highest BCUT2D eigenvalue weighted by molar-refractivity contribution is 5.95. The Bertz CT molecular complexity index is 1000. The average molecular weight is 481 g/mol. The fourth-order valence-electron chi connectivity index (χ4n) is 4.19. The Hall–Kier alpha value is -3.59. The van der Waals surface area contributed by atoms with Gasteiger partial charge in [0.05, 0.1) is 19.1 Å². The highest BCUT2D eigenvalue weighted by Gasteiger charge is 2.30. The van der Waals surface area contributed by atoms with Crippen LogP contribution in [0.3, 0.4) is 0 Å². The Morgan fingerprint density at radius 2 is 1.51 bits per heavy atom. The lowest BCUT2D eigenvalue weighted by molar-refractivity contribution is -0.158. The van der Waals surface area contributed by atoms with E-state index >= 15 is 0 Å². The molecule has 0 spiro atoms. The summed E-state index contributed by atoms with van der Waals surface area (Å²) < 4.78 is 10.8. The van der Waals surface area contributed by atoms with Gasteiger partial charge in [-0.05, 0) is 56.2 Å². The molecule has 2 aliphatic rings. The van der Waals surface area contributed by atoms with E-state index in [1.54, 1.807) is 11.8 Å². The standard InChI is InChI=1S/C26H32N4O5/c1-19(24(31)27-22-7-9-23(10-8-22)29-15-17-34-18-16-29)35-25(32)20-11-13-30(14-12-20)26(33)28-21-5-3-2-4-6-21/h2-10,19-20H,11-18H2,1H3,(H,27,31)(H,28,33)/t19-/m0/s1. The van der Waals surface area contributed by atoms with Crippen LogP contribution in [0.2, 0.25) is 0 Å². The molecule has 9 heteroatoms. The number of piperidine rings is 1. The fraction of sp³-hybridized carbons (Fsp3) is 0.423. The topological polar surface area (TPSA) is 100 Å². The molecule has 35 heavy (non-hydrogen) atoms. The van der Waals surface area contributed by atoms with Gasteiger partial charge in [-0.3, -0.25) is 9.59 Å². The van der Waals surface area contributed by atoms with E-state index in [2.05, 4.69) is 15.5 Å². The van der Waals surface area contributed by atoms with E-state index in [9.17, 15) is 14.4 Å². The normalized spacial score (nSPS) is 17.4. The van der Waals surface area contributed by atoms with Gasteiger partial charge in [0, 0.05) is 43.2 Å². The molecular formula is C26H32N4O5. The maximum absolute atomic E-state index is 12.6. The van der Waals surface area contributed by atoms with E-state index in [1.807, 2.05) is 54.6 Å². The molecule has 9 nitrogen and oxygen atoms in total. The number of carbonyl (C=O) groups excluding carboxylic acids is 3. The SMILES string of the molecule is C[C@H](OC(=O)C1CCN(C(=O)Nc2ccccc2)CC1)C(=O)Nc1ccc(N2CCOCC2)cc1. The maximum Gasteiger partial charge on any atom is 0.321 e. The number of urea groups is 1. The van der Waals surface area contributed by atoms with Crippen molar-refractivity contribution in [2.75, 3.05) is 54.9 Å². The van der Waals surface area contributed by atoms with Gasteiger partial charge in [-0.15, -0.1) is 0 Å². The summed E-state index contributed by atoms with van der Waals surface area (Å²) in [5, 5.41) is 5.66. The molecular weight excluding hydrogens is 448 g/mol. The number of para-hydroxylation sites is 1. The molecule has 2 aromatic rings. The zero-order valence-electron chi connectivity index (χ0n) is 19.9. The summed E-state index contributed by atoms with van der Waals surface area (Å²) in [6, 6.07) is 16.7. The molecule has 2 heterocycles. The average Bonchev–Trinajstić information content (AvgIpc) is 2.90. The Kier molecular flexibility index (Phi) is 8.20. The molecule has 4 rings (SSSR count). The molecule has 2 aliphatic heterocycles. The number of nitrogens with one attached hydrogen (secondary N) is 2. The number of carbonyl (C=O) groups is 3. The van der Waals surface area contributed by atoms with Crippen molar-refractivity contribution in [3.8, 4) is 0 Å². The first kappa shape index (κ1) is 24.5. The van der Waals surface area contributed by atoms with E-state index in [1.165, 1.54) is 0 Å². The summed E-state index contributed by atoms with van der Waals surface area (Å²) in [6.07, 6.45) is 0.0809. The highest BCUT2D eigenvalue weighted by atomic mass is 16.5. The number of hydrogen-bond acceptors (Lipinski definition) is 6. The van der Waals surface area contributed by atoms with Gasteiger partial charge in [-0.1, -0.05) is 18.2 Å². The predicted molar refractivity (Wildman–Crippen MR) is 133 cm³/mol. The van der Waals surface area contributed by atoms with Crippen molar-refractivity contribution in [2.45, 2.75) is 25.9 Å². The minimum absolute atomic E-state index is 0.185. The van der Waals surface area contributed by atoms with Crippen LogP contribution in [0.5, 0.6) is 0 Å². The first-order valence-electron chi connectivity index (χ1n) is 12.0. The number of morpholine rings is 1. The van der Waals surface area contributed by atoms with Crippen LogP contribution in [0, 0.1) is 5.92 Å². The van der Waals surface area contributed by atoms with Crippen LogP contribution in [0.4, 0.5) is 21.9 Å². The minimum atomic E-state index is -0.916. The van der Waals surface area contributed by atoms with Gasteiger partial charge in [-0.25, -0.2) is 4.79 Å². The quantitative estimate of drug-likeness (QED) is 0.615. The number of esters is 1. The van der Waals surface area contributed by atoms with Crippen molar-refractivity contribution < 1.29 is 23.9 Å². The number of anilines is 3. The number of nitrogens with zero attached hydrogens (tertiary/aromatic N) is 2. The molecule has 0 radical (unpaired) electrons. The van der Waals surface area contributed by atoms with Crippen LogP contribution in [-0.2, 0) is 19.1 Å². The van der Waals surface area contributed by atoms with Gasteiger partial charge in [0.1, 0.15) is 0 Å². The van der Waals surface area contributed by atoms with Crippen LogP contribution in [0.15, 0.2) is 54.6 Å². The molecule has 0 saturated carbocycles. The highest BCUT2D eigenvalue weighted by Crippen LogP contribution is 2.22. The second kappa shape index (κ2) is 11.7. The second-order valence-corrected chi connectivity index (χ2v) is 8.77. The van der Waals surface area contributed by atoms with Crippen molar-refractivity contribution in [2.24, 2.45) is 5.92 Å². The lowest BCUT2D eigenvalue weighted by atomic mass is 9.97. The number of amides is 3. The Balaban J connectivity index is 1.20. The third-order valence-corrected chi connectivity index (χ3v) is 6.31. The van der Waals surface area contributed by atoms with E-state index < -0.39 is 12.1 Å². The second-order valence-electron chi connectivity index (χ2n) is 8.77. The van der Waals surface area contributed by atoms with Crippen molar-refractivity contribution in [3.63, 3.8) is 0 Å². The lowest BCUT2D eigenvalue weighted by Gasteiger charge is -2.31. The number of likely N-dealkylation sites (tertiary alicyclic amines) is 1. The van der Waals surface area contributed by atoms with E-state index in [4.69, 9.17) is 9.47 Å². The van der Waals surface area contributed by atoms with Crippen LogP contribution in [0.1, 0.15) is 19.8 Å². The molecule has 0 bridgehead atoms. The van der Waals surface area contributed by atoms with Gasteiger partial charge in [0.15, 0.2) is 6.10 Å². The lowest BCUT2D eigenvalue weighted by Crippen LogP contribution is -2.43. The van der Waals surface area contributed by atoms with Crippen LogP contribution >= 0.6 is 0 Å². The predicted octanol–water partition coefficient (Wildman–Crippen LogP) is 3.34. The maximum atomic E-state index is 12.6. The van der Waals surface area contributed by atoms with Crippen molar-refractivity contribution in [1.82, 2.24) is 4.90 Å². The van der Waals surface area contributed by atoms with E-state index in [0.29, 0.717) is 44.8 Å². The molecule has 0 aromatic heterocycles. The van der Waals surface area contributed by atoms with Crippen molar-refractivity contribution in [3.05, 3.63) is 54.6 Å². The largest absolute Gasteiger partial charge is 0.452 e. The summed E-state index contributed by atoms with van der Waals surface area (Å²) in [6.45, 7) is 5.58. The monoisotopic (exact) mass is 480 g/mol. The number of rotatable bonds is 6. The molecule has 1 atom stereocenters. The molecule has 2 N–H and O–H groups in total. The Labute approximate surface area is 205 Å². The Morgan fingerprint density at radius 1 is 0.886 bits per heavy atom. The summed E-state index contributed by atoms with van der Waals surface area (Å²) in [5.74, 6) is -1.12. The van der Waals surface area contributed by atoms with Gasteiger partial charge in [0.2, 0.25) is 0 Å². The number of hydrogen-bond donors (Lipinski definition) is 2. The van der Waals surface area contributed by atoms with Gasteiger partial charge < -0.3 is 29.9 Å². The molecule has 2 saturated heterocycles. The zero-order valence-corrected chi connectivity index (χ0v) is 19.9. The third kappa shape index (κ3) is 6.73. The van der Waals surface area contributed by atoms with Crippen LogP contribution in [-0.4, -0.2) is 68.3 Å². The van der Waals surface area contributed by atoms with Gasteiger partial charge >= 0.3 is 12.0 Å². The van der Waals surface area contributed by atoms with E-state index in [-0.39, 0.29) is 17.9 Å². The van der Waals surface area contributed by atoms with Gasteiger partial charge in [0.25, 0.3) is 5.91 Å². The van der Waals surface area contributed by atoms with Crippen LogP contribution in [0.25, 0.3) is 0 Å². The van der Waals surface area contributed by atoms with Crippen molar-refractivity contribution >= 4 is 35.0 Å². The number of ether oxygens (including phenoxy) is 2. The van der Waals surface area contributed by atoms with Gasteiger partial charge in [-0.2, -0.15) is 0 Å². The Morgan fingerprint density at radius 3 is 2.17 bits per heavy atom.